The van der Waals surface area contributed by atoms with Gasteiger partial charge in [0.15, 0.2) is 5.78 Å². The van der Waals surface area contributed by atoms with Crippen LogP contribution in [0.25, 0.3) is 0 Å². The maximum atomic E-state index is 14.1. The van der Waals surface area contributed by atoms with Crippen molar-refractivity contribution in [2.24, 2.45) is 5.92 Å². The molecule has 1 aromatic heterocycles. The van der Waals surface area contributed by atoms with Gasteiger partial charge in [-0.25, -0.2) is 0 Å². The number of nitrogens with one attached hydrogen (secondary N) is 1. The molecule has 0 radical (unpaired) electrons. The van der Waals surface area contributed by atoms with Crippen LogP contribution in [0.5, 0.6) is 5.75 Å². The maximum Gasteiger partial charge on any atom is 0.269 e. The Labute approximate surface area is 195 Å². The van der Waals surface area contributed by atoms with Crippen molar-refractivity contribution >= 4 is 23.1 Å². The van der Waals surface area contributed by atoms with Gasteiger partial charge in [0.05, 0.1) is 18.0 Å². The van der Waals surface area contributed by atoms with E-state index in [0.29, 0.717) is 34.7 Å². The Hall–Kier alpha value is -4.11. The van der Waals surface area contributed by atoms with Gasteiger partial charge in [0, 0.05) is 53.8 Å². The number of rotatable bonds is 5. The Bertz CT molecular complexity index is 1310. The molecule has 0 aliphatic carbocycles. The Kier molecular flexibility index (Phi) is 5.13. The molecule has 2 aliphatic heterocycles. The number of fused-ring (bicyclic) bond motifs is 2. The summed E-state index contributed by atoms with van der Waals surface area (Å²) in [6.07, 6.45) is 3.07. The highest BCUT2D eigenvalue weighted by Gasteiger charge is 2.64. The molecule has 1 amide bonds. The number of anilines is 1. The van der Waals surface area contributed by atoms with Crippen molar-refractivity contribution in [2.75, 3.05) is 26.0 Å². The molecule has 1 fully saturated rings. The maximum absolute atomic E-state index is 14.1. The van der Waals surface area contributed by atoms with E-state index in [0.717, 1.165) is 0 Å². The number of ether oxygens (including phenoxy) is 1. The van der Waals surface area contributed by atoms with Gasteiger partial charge < -0.3 is 10.1 Å². The van der Waals surface area contributed by atoms with Crippen molar-refractivity contribution in [3.05, 3.63) is 93.8 Å². The summed E-state index contributed by atoms with van der Waals surface area (Å²) in [7, 11) is 3.35. The molecule has 0 saturated carbocycles. The number of aromatic nitrogens is 1. The Balaban J connectivity index is 1.74. The number of non-ortho nitro benzene ring substituents is 1. The minimum Gasteiger partial charge on any atom is -0.497 e. The number of Topliss-reactive ketones (excluding diaryl/α,β-unsaturated/α-hetero) is 1. The fraction of sp³-hybridized carbons (Fsp3) is 0.240. The monoisotopic (exact) mass is 458 g/mol. The summed E-state index contributed by atoms with van der Waals surface area (Å²) in [5.74, 6) is -1.27. The summed E-state index contributed by atoms with van der Waals surface area (Å²) in [5, 5.41) is 14.4. The van der Waals surface area contributed by atoms with Crippen LogP contribution >= 0.6 is 0 Å². The number of benzene rings is 2. The molecular weight excluding hydrogens is 436 g/mol. The number of likely N-dealkylation sites (tertiary alicyclic amines) is 1. The first kappa shape index (κ1) is 21.7. The second-order valence-electron chi connectivity index (χ2n) is 8.55. The highest BCUT2D eigenvalue weighted by molar-refractivity contribution is 6.12. The molecule has 172 valence electrons. The van der Waals surface area contributed by atoms with Crippen molar-refractivity contribution < 1.29 is 19.2 Å². The highest BCUT2D eigenvalue weighted by Crippen LogP contribution is 2.56. The smallest absolute Gasteiger partial charge is 0.269 e. The van der Waals surface area contributed by atoms with Gasteiger partial charge in [0.25, 0.3) is 5.69 Å². The normalized spacial score (nSPS) is 23.5. The van der Waals surface area contributed by atoms with Crippen molar-refractivity contribution in [3.63, 3.8) is 0 Å². The number of ketones is 1. The number of nitro groups is 1. The molecule has 0 bridgehead atoms. The third kappa shape index (κ3) is 3.08. The van der Waals surface area contributed by atoms with E-state index in [1.807, 2.05) is 4.90 Å². The molecular formula is C25H22N4O5. The number of carbonyl (C=O) groups is 2. The third-order valence-electron chi connectivity index (χ3n) is 6.91. The number of methoxy groups -OCH3 is 1. The van der Waals surface area contributed by atoms with Crippen LogP contribution in [-0.4, -0.2) is 47.2 Å². The molecule has 34 heavy (non-hydrogen) atoms. The lowest BCUT2D eigenvalue weighted by molar-refractivity contribution is -0.384. The lowest BCUT2D eigenvalue weighted by Crippen LogP contribution is -2.51. The first-order valence-electron chi connectivity index (χ1n) is 10.8. The zero-order valence-corrected chi connectivity index (χ0v) is 18.6. The minimum absolute atomic E-state index is 0.0610. The summed E-state index contributed by atoms with van der Waals surface area (Å²) >= 11 is 0. The SMILES string of the molecule is COc1ccc2c(c1)C1(C(=O)N2)C(C(=O)c2ccncc2)C(c2cccc([N+](=O)[O-])c2)CN1C. The second-order valence-corrected chi connectivity index (χ2v) is 8.55. The number of carbonyl (C=O) groups excluding carboxylic acids is 2. The van der Waals surface area contributed by atoms with Crippen LogP contribution in [-0.2, 0) is 10.3 Å². The molecule has 3 unspecified atom stereocenters. The number of likely N-dealkylation sites (N-methyl/N-ethyl adjacent to an activating group) is 1. The van der Waals surface area contributed by atoms with Crippen LogP contribution in [0.1, 0.15) is 27.4 Å². The Morgan fingerprint density at radius 2 is 1.97 bits per heavy atom. The van der Waals surface area contributed by atoms with E-state index < -0.39 is 22.3 Å². The Morgan fingerprint density at radius 1 is 1.21 bits per heavy atom. The van der Waals surface area contributed by atoms with E-state index in [1.54, 1.807) is 56.6 Å². The van der Waals surface area contributed by atoms with Crippen molar-refractivity contribution in [3.8, 4) is 5.75 Å². The largest absolute Gasteiger partial charge is 0.497 e. The standard InChI is InChI=1S/C25H22N4O5/c1-28-14-19(16-4-3-5-17(12-16)29(32)33)22(23(30)15-8-10-26-11-9-15)25(28)20-13-18(34-2)6-7-21(20)27-24(25)31/h3-13,19,22H,14H2,1-2H3,(H,27,31). The van der Waals surface area contributed by atoms with Crippen molar-refractivity contribution in [1.82, 2.24) is 9.88 Å². The number of amides is 1. The van der Waals surface area contributed by atoms with Crippen LogP contribution < -0.4 is 10.1 Å². The van der Waals surface area contributed by atoms with Crippen LogP contribution in [0, 0.1) is 16.0 Å². The predicted molar refractivity (Wildman–Crippen MR) is 124 cm³/mol. The molecule has 1 spiro atoms. The topological polar surface area (TPSA) is 115 Å². The average Bonchev–Trinajstić information content (AvgIpc) is 3.33. The van der Waals surface area contributed by atoms with Crippen LogP contribution in [0.3, 0.4) is 0 Å². The number of hydrogen-bond donors (Lipinski definition) is 1. The molecule has 3 atom stereocenters. The van der Waals surface area contributed by atoms with Crippen molar-refractivity contribution in [1.29, 1.82) is 0 Å². The Morgan fingerprint density at radius 3 is 2.68 bits per heavy atom. The molecule has 5 rings (SSSR count). The van der Waals surface area contributed by atoms with Gasteiger partial charge in [-0.1, -0.05) is 12.1 Å². The highest BCUT2D eigenvalue weighted by atomic mass is 16.6. The molecule has 2 aromatic carbocycles. The quantitative estimate of drug-likeness (QED) is 0.354. The van der Waals surface area contributed by atoms with Gasteiger partial charge in [0.1, 0.15) is 11.3 Å². The van der Waals surface area contributed by atoms with Gasteiger partial charge in [0.2, 0.25) is 5.91 Å². The van der Waals surface area contributed by atoms with Crippen LogP contribution in [0.2, 0.25) is 0 Å². The first-order chi connectivity index (χ1) is 16.4. The fourth-order valence-electron chi connectivity index (χ4n) is 5.41. The van der Waals surface area contributed by atoms with Gasteiger partial charge in [-0.15, -0.1) is 0 Å². The third-order valence-corrected chi connectivity index (χ3v) is 6.91. The first-order valence-corrected chi connectivity index (χ1v) is 10.8. The summed E-state index contributed by atoms with van der Waals surface area (Å²) < 4.78 is 5.42. The summed E-state index contributed by atoms with van der Waals surface area (Å²) in [6.45, 7) is 0.354. The molecule has 3 heterocycles. The zero-order chi connectivity index (χ0) is 24.0. The number of nitrogens with zero attached hydrogens (tertiary/aromatic N) is 3. The van der Waals surface area contributed by atoms with E-state index in [4.69, 9.17) is 4.74 Å². The van der Waals surface area contributed by atoms with Gasteiger partial charge in [-0.3, -0.25) is 29.6 Å². The molecule has 2 aliphatic rings. The summed E-state index contributed by atoms with van der Waals surface area (Å²) in [4.78, 5) is 44.6. The lowest BCUT2D eigenvalue weighted by atomic mass is 9.70. The van der Waals surface area contributed by atoms with Gasteiger partial charge >= 0.3 is 0 Å². The van der Waals surface area contributed by atoms with E-state index >= 15 is 0 Å². The molecule has 1 N–H and O–H groups in total. The average molecular weight is 458 g/mol. The van der Waals surface area contributed by atoms with Gasteiger partial charge in [-0.2, -0.15) is 0 Å². The van der Waals surface area contributed by atoms with Crippen LogP contribution in [0.15, 0.2) is 67.0 Å². The number of hydrogen-bond acceptors (Lipinski definition) is 7. The minimum atomic E-state index is -1.31. The molecule has 1 saturated heterocycles. The van der Waals surface area contributed by atoms with E-state index in [9.17, 15) is 19.7 Å². The van der Waals surface area contributed by atoms with E-state index in [2.05, 4.69) is 10.3 Å². The molecule has 3 aromatic rings. The second kappa shape index (κ2) is 8.03. The van der Waals surface area contributed by atoms with E-state index in [1.165, 1.54) is 24.5 Å². The van der Waals surface area contributed by atoms with Crippen molar-refractivity contribution in [2.45, 2.75) is 11.5 Å². The summed E-state index contributed by atoms with van der Waals surface area (Å²) in [5.41, 5.74) is 0.960. The predicted octanol–water partition coefficient (Wildman–Crippen LogP) is 3.37. The zero-order valence-electron chi connectivity index (χ0n) is 18.6. The number of pyridine rings is 1. The fourth-order valence-corrected chi connectivity index (χ4v) is 5.41. The lowest BCUT2D eigenvalue weighted by Gasteiger charge is -2.35. The van der Waals surface area contributed by atoms with Crippen LogP contribution in [0.4, 0.5) is 11.4 Å². The molecule has 9 heteroatoms. The molecule has 9 nitrogen and oxygen atoms in total. The number of nitro benzene ring substituents is 1. The summed E-state index contributed by atoms with van der Waals surface area (Å²) in [6, 6.07) is 14.8. The van der Waals surface area contributed by atoms with Gasteiger partial charge in [-0.05, 0) is 42.9 Å². The van der Waals surface area contributed by atoms with E-state index in [-0.39, 0.29) is 17.4 Å².